The van der Waals surface area contributed by atoms with Crippen molar-refractivity contribution in [2.24, 2.45) is 5.73 Å². The highest BCUT2D eigenvalue weighted by Gasteiger charge is 1.98. The molecule has 0 spiro atoms. The molecule has 0 aliphatic rings. The van der Waals surface area contributed by atoms with E-state index in [1.54, 1.807) is 11.8 Å². The van der Waals surface area contributed by atoms with Crippen molar-refractivity contribution in [3.8, 4) is 0 Å². The number of pyridine rings is 1. The van der Waals surface area contributed by atoms with Crippen LogP contribution in [-0.2, 0) is 6.42 Å². The van der Waals surface area contributed by atoms with Gasteiger partial charge in [0.2, 0.25) is 0 Å². The van der Waals surface area contributed by atoms with Gasteiger partial charge in [0.25, 0.3) is 0 Å². The van der Waals surface area contributed by atoms with Crippen LogP contribution in [0.1, 0.15) is 5.56 Å². The Morgan fingerprint density at radius 2 is 1.88 bits per heavy atom. The second-order valence-electron chi connectivity index (χ2n) is 3.46. The van der Waals surface area contributed by atoms with E-state index in [0.29, 0.717) is 6.54 Å². The summed E-state index contributed by atoms with van der Waals surface area (Å²) in [7, 11) is 0. The van der Waals surface area contributed by atoms with Crippen molar-refractivity contribution >= 4 is 11.8 Å². The summed E-state index contributed by atoms with van der Waals surface area (Å²) in [6, 6.07) is 14.4. The van der Waals surface area contributed by atoms with Crippen LogP contribution < -0.4 is 5.73 Å². The van der Waals surface area contributed by atoms with E-state index >= 15 is 0 Å². The van der Waals surface area contributed by atoms with Crippen LogP contribution in [0.5, 0.6) is 0 Å². The maximum absolute atomic E-state index is 5.49. The summed E-state index contributed by atoms with van der Waals surface area (Å²) in [5, 5.41) is 1.02. The summed E-state index contributed by atoms with van der Waals surface area (Å²) in [6.45, 7) is 0.673. The van der Waals surface area contributed by atoms with Crippen LogP contribution in [0, 0.1) is 0 Å². The molecule has 82 valence electrons. The second kappa shape index (κ2) is 5.68. The Balaban J connectivity index is 2.05. The molecular weight excluding hydrogens is 216 g/mol. The van der Waals surface area contributed by atoms with Gasteiger partial charge in [0.15, 0.2) is 0 Å². The lowest BCUT2D eigenvalue weighted by molar-refractivity contribution is 0.945. The van der Waals surface area contributed by atoms with Crippen molar-refractivity contribution in [3.05, 3.63) is 54.2 Å². The first-order valence-corrected chi connectivity index (χ1v) is 6.08. The molecular formula is C13H14N2S. The summed E-state index contributed by atoms with van der Waals surface area (Å²) >= 11 is 1.67. The smallest absolute Gasteiger partial charge is 0.101 e. The summed E-state index contributed by atoms with van der Waals surface area (Å²) in [6.07, 6.45) is 2.79. The van der Waals surface area contributed by atoms with Gasteiger partial charge in [0, 0.05) is 11.1 Å². The lowest BCUT2D eigenvalue weighted by atomic mass is 10.2. The van der Waals surface area contributed by atoms with Gasteiger partial charge in [-0.25, -0.2) is 4.98 Å². The lowest BCUT2D eigenvalue weighted by Gasteiger charge is -2.02. The maximum atomic E-state index is 5.49. The van der Waals surface area contributed by atoms with E-state index in [-0.39, 0.29) is 0 Å². The Labute approximate surface area is 99.9 Å². The third kappa shape index (κ3) is 3.08. The van der Waals surface area contributed by atoms with E-state index in [2.05, 4.69) is 23.2 Å². The number of rotatable bonds is 4. The molecule has 0 fully saturated rings. The summed E-state index contributed by atoms with van der Waals surface area (Å²) in [5.74, 6) is 0. The summed E-state index contributed by atoms with van der Waals surface area (Å²) in [4.78, 5) is 5.61. The number of aromatic nitrogens is 1. The minimum atomic E-state index is 0.673. The van der Waals surface area contributed by atoms with Crippen molar-refractivity contribution in [2.75, 3.05) is 6.54 Å². The van der Waals surface area contributed by atoms with Crippen LogP contribution in [0.3, 0.4) is 0 Å². The molecule has 0 saturated heterocycles. The highest BCUT2D eigenvalue weighted by Crippen LogP contribution is 2.25. The Morgan fingerprint density at radius 3 is 2.50 bits per heavy atom. The molecule has 0 bridgehead atoms. The van der Waals surface area contributed by atoms with Gasteiger partial charge in [-0.3, -0.25) is 0 Å². The molecule has 0 radical (unpaired) electrons. The molecule has 2 nitrogen and oxygen atoms in total. The third-order valence-corrected chi connectivity index (χ3v) is 3.15. The quantitative estimate of drug-likeness (QED) is 0.877. The van der Waals surface area contributed by atoms with Gasteiger partial charge < -0.3 is 5.73 Å². The normalized spacial score (nSPS) is 10.3. The molecule has 2 N–H and O–H groups in total. The molecule has 2 rings (SSSR count). The van der Waals surface area contributed by atoms with Gasteiger partial charge in [0.05, 0.1) is 0 Å². The standard InChI is InChI=1S/C13H14N2S/c14-9-8-11-6-7-13(15-10-11)16-12-4-2-1-3-5-12/h1-7,10H,8-9,14H2. The topological polar surface area (TPSA) is 38.9 Å². The first-order valence-electron chi connectivity index (χ1n) is 5.26. The van der Waals surface area contributed by atoms with E-state index < -0.39 is 0 Å². The monoisotopic (exact) mass is 230 g/mol. The molecule has 0 aliphatic carbocycles. The molecule has 0 amide bonds. The Kier molecular flexibility index (Phi) is 3.97. The molecule has 1 heterocycles. The molecule has 0 atom stereocenters. The van der Waals surface area contributed by atoms with Gasteiger partial charge in [-0.15, -0.1) is 0 Å². The van der Waals surface area contributed by atoms with Gasteiger partial charge in [-0.2, -0.15) is 0 Å². The summed E-state index contributed by atoms with van der Waals surface area (Å²) < 4.78 is 0. The predicted molar refractivity (Wildman–Crippen MR) is 67.6 cm³/mol. The molecule has 0 aliphatic heterocycles. The first kappa shape index (κ1) is 11.2. The highest BCUT2D eigenvalue weighted by molar-refractivity contribution is 7.99. The minimum absolute atomic E-state index is 0.673. The minimum Gasteiger partial charge on any atom is -0.330 e. The van der Waals surface area contributed by atoms with Crippen LogP contribution >= 0.6 is 11.8 Å². The number of nitrogens with zero attached hydrogens (tertiary/aromatic N) is 1. The zero-order chi connectivity index (χ0) is 11.2. The van der Waals surface area contributed by atoms with Gasteiger partial charge in [0.1, 0.15) is 5.03 Å². The van der Waals surface area contributed by atoms with Crippen LogP contribution in [-0.4, -0.2) is 11.5 Å². The third-order valence-electron chi connectivity index (χ3n) is 2.20. The number of nitrogens with two attached hydrogens (primary N) is 1. The Hall–Kier alpha value is -1.32. The highest BCUT2D eigenvalue weighted by atomic mass is 32.2. The van der Waals surface area contributed by atoms with Crippen LogP contribution in [0.2, 0.25) is 0 Å². The van der Waals surface area contributed by atoms with Crippen molar-refractivity contribution in [3.63, 3.8) is 0 Å². The fraction of sp³-hybridized carbons (Fsp3) is 0.154. The Bertz CT molecular complexity index is 425. The number of hydrogen-bond acceptors (Lipinski definition) is 3. The molecule has 0 saturated carbocycles. The van der Waals surface area contributed by atoms with E-state index in [0.717, 1.165) is 11.4 Å². The van der Waals surface area contributed by atoms with Crippen molar-refractivity contribution < 1.29 is 0 Å². The SMILES string of the molecule is NCCc1ccc(Sc2ccccc2)nc1. The van der Waals surface area contributed by atoms with Crippen molar-refractivity contribution in [2.45, 2.75) is 16.3 Å². The fourth-order valence-electron chi connectivity index (χ4n) is 1.40. The van der Waals surface area contributed by atoms with Gasteiger partial charge in [-0.05, 0) is 36.7 Å². The van der Waals surface area contributed by atoms with E-state index in [1.165, 1.54) is 10.5 Å². The molecule has 16 heavy (non-hydrogen) atoms. The second-order valence-corrected chi connectivity index (χ2v) is 4.55. The van der Waals surface area contributed by atoms with E-state index in [1.807, 2.05) is 30.5 Å². The Morgan fingerprint density at radius 1 is 1.06 bits per heavy atom. The lowest BCUT2D eigenvalue weighted by Crippen LogP contribution is -2.02. The van der Waals surface area contributed by atoms with Crippen LogP contribution in [0.25, 0.3) is 0 Å². The van der Waals surface area contributed by atoms with E-state index in [4.69, 9.17) is 5.73 Å². The fourth-order valence-corrected chi connectivity index (χ4v) is 2.17. The largest absolute Gasteiger partial charge is 0.330 e. The van der Waals surface area contributed by atoms with Crippen molar-refractivity contribution in [1.82, 2.24) is 4.98 Å². The zero-order valence-electron chi connectivity index (χ0n) is 8.97. The summed E-state index contributed by atoms with van der Waals surface area (Å²) in [5.41, 5.74) is 6.68. The van der Waals surface area contributed by atoms with Gasteiger partial charge >= 0.3 is 0 Å². The molecule has 0 unspecified atom stereocenters. The molecule has 2 aromatic rings. The van der Waals surface area contributed by atoms with Crippen molar-refractivity contribution in [1.29, 1.82) is 0 Å². The van der Waals surface area contributed by atoms with E-state index in [9.17, 15) is 0 Å². The molecule has 1 aromatic carbocycles. The maximum Gasteiger partial charge on any atom is 0.101 e. The molecule has 3 heteroatoms. The average Bonchev–Trinajstić information content (AvgIpc) is 2.33. The van der Waals surface area contributed by atoms with Crippen LogP contribution in [0.4, 0.5) is 0 Å². The molecule has 1 aromatic heterocycles. The number of benzene rings is 1. The van der Waals surface area contributed by atoms with Crippen LogP contribution in [0.15, 0.2) is 58.6 Å². The number of hydrogen-bond donors (Lipinski definition) is 1. The van der Waals surface area contributed by atoms with Gasteiger partial charge in [-0.1, -0.05) is 36.0 Å². The first-order chi connectivity index (χ1) is 7.88. The average molecular weight is 230 g/mol. The zero-order valence-corrected chi connectivity index (χ0v) is 9.78. The predicted octanol–water partition coefficient (Wildman–Crippen LogP) is 2.73.